The van der Waals surface area contributed by atoms with E-state index in [4.69, 9.17) is 4.74 Å². The number of rotatable bonds is 2. The van der Waals surface area contributed by atoms with Crippen LogP contribution < -0.4 is 5.69 Å². The van der Waals surface area contributed by atoms with Gasteiger partial charge >= 0.3 is 11.8 Å². The summed E-state index contributed by atoms with van der Waals surface area (Å²) in [7, 11) is 0. The molecule has 0 aliphatic carbocycles. The van der Waals surface area contributed by atoms with Crippen molar-refractivity contribution < 1.29 is 13.9 Å². The second-order valence-corrected chi connectivity index (χ2v) is 5.38. The van der Waals surface area contributed by atoms with Gasteiger partial charge in [0, 0.05) is 19.1 Å². The smallest absolute Gasteiger partial charge is 0.409 e. The van der Waals surface area contributed by atoms with Gasteiger partial charge in [-0.15, -0.1) is 0 Å². The molecule has 1 N–H and O–H groups in total. The molecule has 0 unspecified atom stereocenters. The number of likely N-dealkylation sites (tertiary alicyclic amines) is 1. The number of benzene rings is 1. The molecule has 7 heteroatoms. The van der Waals surface area contributed by atoms with Crippen molar-refractivity contribution in [1.82, 2.24) is 14.5 Å². The number of carbonyl (C=O) groups is 1. The van der Waals surface area contributed by atoms with E-state index in [2.05, 4.69) is 4.98 Å². The average Bonchev–Trinajstić information content (AvgIpc) is 2.82. The number of ether oxygens (including phenoxy) is 1. The van der Waals surface area contributed by atoms with Crippen LogP contribution in [0, 0.1) is 5.82 Å². The summed E-state index contributed by atoms with van der Waals surface area (Å²) >= 11 is 0. The molecule has 0 atom stereocenters. The van der Waals surface area contributed by atoms with E-state index < -0.39 is 0 Å². The molecule has 2 aromatic rings. The summed E-state index contributed by atoms with van der Waals surface area (Å²) in [5.41, 5.74) is 0.953. The Morgan fingerprint density at radius 2 is 2.14 bits per heavy atom. The monoisotopic (exact) mass is 307 g/mol. The van der Waals surface area contributed by atoms with E-state index in [1.165, 1.54) is 12.1 Å². The number of halogens is 1. The van der Waals surface area contributed by atoms with Gasteiger partial charge in [-0.2, -0.15) is 0 Å². The summed E-state index contributed by atoms with van der Waals surface area (Å²) in [6.45, 7) is 3.22. The number of imidazole rings is 1. The molecule has 1 aliphatic heterocycles. The number of aromatic nitrogens is 2. The second kappa shape index (κ2) is 5.82. The Labute approximate surface area is 126 Å². The van der Waals surface area contributed by atoms with Gasteiger partial charge in [-0.05, 0) is 38.0 Å². The van der Waals surface area contributed by atoms with Crippen LogP contribution in [0.2, 0.25) is 0 Å². The molecule has 6 nitrogen and oxygen atoms in total. The largest absolute Gasteiger partial charge is 0.450 e. The van der Waals surface area contributed by atoms with Crippen molar-refractivity contribution in [2.75, 3.05) is 19.7 Å². The Bertz CT molecular complexity index is 744. The summed E-state index contributed by atoms with van der Waals surface area (Å²) in [6.07, 6.45) is 1.03. The number of hydrogen-bond donors (Lipinski definition) is 1. The Morgan fingerprint density at radius 1 is 1.41 bits per heavy atom. The number of fused-ring (bicyclic) bond motifs is 1. The molecule has 118 valence electrons. The van der Waals surface area contributed by atoms with Gasteiger partial charge in [0.2, 0.25) is 0 Å². The minimum Gasteiger partial charge on any atom is -0.450 e. The van der Waals surface area contributed by atoms with Crippen LogP contribution in [-0.2, 0) is 4.74 Å². The molecule has 0 spiro atoms. The molecular weight excluding hydrogens is 289 g/mol. The van der Waals surface area contributed by atoms with E-state index in [0.29, 0.717) is 43.6 Å². The van der Waals surface area contributed by atoms with Crippen LogP contribution in [0.1, 0.15) is 25.8 Å². The molecule has 2 heterocycles. The lowest BCUT2D eigenvalue weighted by atomic mass is 10.0. The predicted molar refractivity (Wildman–Crippen MR) is 79.4 cm³/mol. The highest BCUT2D eigenvalue weighted by atomic mass is 19.1. The maximum Gasteiger partial charge on any atom is 0.409 e. The molecule has 22 heavy (non-hydrogen) atoms. The maximum absolute atomic E-state index is 13.2. The highest BCUT2D eigenvalue weighted by Crippen LogP contribution is 2.25. The highest BCUT2D eigenvalue weighted by molar-refractivity contribution is 5.75. The third-order valence-electron chi connectivity index (χ3n) is 4.03. The fraction of sp³-hybridized carbons (Fsp3) is 0.467. The predicted octanol–water partition coefficient (Wildman–Crippen LogP) is 2.26. The Morgan fingerprint density at radius 3 is 2.82 bits per heavy atom. The van der Waals surface area contributed by atoms with Crippen molar-refractivity contribution in [1.29, 1.82) is 0 Å². The zero-order chi connectivity index (χ0) is 15.7. The highest BCUT2D eigenvalue weighted by Gasteiger charge is 2.26. The lowest BCUT2D eigenvalue weighted by Gasteiger charge is -2.31. The molecule has 1 fully saturated rings. The average molecular weight is 307 g/mol. The quantitative estimate of drug-likeness (QED) is 0.925. The molecule has 1 aliphatic rings. The minimum atomic E-state index is -0.377. The zero-order valence-corrected chi connectivity index (χ0v) is 12.3. The van der Waals surface area contributed by atoms with Gasteiger partial charge in [0.15, 0.2) is 0 Å². The van der Waals surface area contributed by atoms with Crippen molar-refractivity contribution in [3.63, 3.8) is 0 Å². The van der Waals surface area contributed by atoms with Crippen LogP contribution in [0.15, 0.2) is 23.0 Å². The molecule has 1 aromatic carbocycles. The molecule has 1 aromatic heterocycles. The molecule has 1 saturated heterocycles. The van der Waals surface area contributed by atoms with Gasteiger partial charge in [-0.1, -0.05) is 0 Å². The first-order valence-corrected chi connectivity index (χ1v) is 7.41. The summed E-state index contributed by atoms with van der Waals surface area (Å²) in [6, 6.07) is 4.28. The number of carbonyl (C=O) groups excluding carboxylic acids is 1. The van der Waals surface area contributed by atoms with Gasteiger partial charge in [0.25, 0.3) is 0 Å². The van der Waals surface area contributed by atoms with E-state index in [9.17, 15) is 14.0 Å². The lowest BCUT2D eigenvalue weighted by molar-refractivity contribution is 0.0928. The third-order valence-corrected chi connectivity index (χ3v) is 4.03. The number of amides is 1. The number of aromatic amines is 1. The minimum absolute atomic E-state index is 0.00242. The summed E-state index contributed by atoms with van der Waals surface area (Å²) in [5.74, 6) is -0.377. The summed E-state index contributed by atoms with van der Waals surface area (Å²) in [5, 5.41) is 0. The van der Waals surface area contributed by atoms with Gasteiger partial charge in [-0.3, -0.25) is 4.57 Å². The fourth-order valence-corrected chi connectivity index (χ4v) is 2.99. The van der Waals surface area contributed by atoms with Gasteiger partial charge < -0.3 is 14.6 Å². The van der Waals surface area contributed by atoms with Crippen LogP contribution in [0.5, 0.6) is 0 Å². The first-order valence-electron chi connectivity index (χ1n) is 7.41. The van der Waals surface area contributed by atoms with Gasteiger partial charge in [-0.25, -0.2) is 14.0 Å². The van der Waals surface area contributed by atoms with E-state index >= 15 is 0 Å². The van der Waals surface area contributed by atoms with Crippen LogP contribution in [0.3, 0.4) is 0 Å². The molecule has 0 saturated carbocycles. The SMILES string of the molecule is CCOC(=O)N1CCC(n2c(=O)[nH]c3cc(F)ccc32)CC1. The van der Waals surface area contributed by atoms with Crippen molar-refractivity contribution in [3.8, 4) is 0 Å². The standard InChI is InChI=1S/C15H18FN3O3/c1-2-22-15(21)18-7-5-11(6-8-18)19-13-4-3-10(16)9-12(13)17-14(19)20/h3-4,9,11H,2,5-8H2,1H3,(H,17,20). The van der Waals surface area contributed by atoms with Crippen molar-refractivity contribution >= 4 is 17.1 Å². The summed E-state index contributed by atoms with van der Waals surface area (Å²) < 4.78 is 19.9. The topological polar surface area (TPSA) is 67.3 Å². The van der Waals surface area contributed by atoms with Gasteiger partial charge in [0.05, 0.1) is 17.6 Å². The number of nitrogens with zero attached hydrogens (tertiary/aromatic N) is 2. The summed E-state index contributed by atoms with van der Waals surface area (Å²) in [4.78, 5) is 28.2. The molecular formula is C15H18FN3O3. The fourth-order valence-electron chi connectivity index (χ4n) is 2.99. The van der Waals surface area contributed by atoms with Crippen molar-refractivity contribution in [2.24, 2.45) is 0 Å². The van der Waals surface area contributed by atoms with Crippen LogP contribution >= 0.6 is 0 Å². The second-order valence-electron chi connectivity index (χ2n) is 5.38. The Balaban J connectivity index is 1.81. The number of H-pyrrole nitrogens is 1. The molecule has 1 amide bonds. The lowest BCUT2D eigenvalue weighted by Crippen LogP contribution is -2.40. The Kier molecular flexibility index (Phi) is 3.87. The van der Waals surface area contributed by atoms with E-state index in [0.717, 1.165) is 0 Å². The van der Waals surface area contributed by atoms with Crippen molar-refractivity contribution in [3.05, 3.63) is 34.5 Å². The van der Waals surface area contributed by atoms with Crippen LogP contribution in [-0.4, -0.2) is 40.2 Å². The molecule has 3 rings (SSSR count). The first kappa shape index (κ1) is 14.6. The number of piperidine rings is 1. The third kappa shape index (κ3) is 2.58. The number of hydrogen-bond acceptors (Lipinski definition) is 3. The van der Waals surface area contributed by atoms with E-state index in [-0.39, 0.29) is 23.6 Å². The molecule has 0 radical (unpaired) electrons. The van der Waals surface area contributed by atoms with Crippen LogP contribution in [0.4, 0.5) is 9.18 Å². The molecule has 0 bridgehead atoms. The van der Waals surface area contributed by atoms with Crippen molar-refractivity contribution in [2.45, 2.75) is 25.8 Å². The van der Waals surface area contributed by atoms with E-state index in [1.807, 2.05) is 0 Å². The zero-order valence-electron chi connectivity index (χ0n) is 12.3. The van der Waals surface area contributed by atoms with E-state index in [1.54, 1.807) is 22.5 Å². The number of nitrogens with one attached hydrogen (secondary N) is 1. The normalized spacial score (nSPS) is 16.2. The maximum atomic E-state index is 13.2. The Hall–Kier alpha value is -2.31. The van der Waals surface area contributed by atoms with Gasteiger partial charge in [0.1, 0.15) is 5.82 Å². The first-order chi connectivity index (χ1) is 10.6. The van der Waals surface area contributed by atoms with Crippen LogP contribution in [0.25, 0.3) is 11.0 Å².